The van der Waals surface area contributed by atoms with Crippen molar-refractivity contribution in [1.82, 2.24) is 0 Å². The fraction of sp³-hybridized carbons (Fsp3) is 0.133. The first-order valence-corrected chi connectivity index (χ1v) is 6.25. The monoisotopic (exact) mass is 292 g/mol. The molecule has 0 aliphatic heterocycles. The maximum absolute atomic E-state index is 13.4. The number of halogens is 2. The van der Waals surface area contributed by atoms with Gasteiger partial charge in [0.15, 0.2) is 11.6 Å². The van der Waals surface area contributed by atoms with E-state index < -0.39 is 23.6 Å². The Balaban J connectivity index is 2.02. The number of rotatable bonds is 4. The van der Waals surface area contributed by atoms with Crippen molar-refractivity contribution in [3.8, 4) is 5.75 Å². The molecular weight excluding hydrogens is 278 g/mol. The van der Waals surface area contributed by atoms with E-state index in [1.807, 2.05) is 0 Å². The van der Waals surface area contributed by atoms with E-state index in [0.29, 0.717) is 0 Å². The van der Waals surface area contributed by atoms with Gasteiger partial charge in [0.05, 0.1) is 11.7 Å². The Kier molecular flexibility index (Phi) is 4.49. The van der Waals surface area contributed by atoms with Crippen LogP contribution >= 0.6 is 0 Å². The summed E-state index contributed by atoms with van der Waals surface area (Å²) in [6, 6.07) is 8.80. The molecule has 0 unspecified atom stereocenters. The second-order valence-electron chi connectivity index (χ2n) is 4.57. The molecule has 21 heavy (non-hydrogen) atoms. The molecule has 0 saturated heterocycles. The topological polar surface area (TPSA) is 75.3 Å². The highest BCUT2D eigenvalue weighted by Gasteiger charge is 2.17. The van der Waals surface area contributed by atoms with Crippen LogP contribution in [-0.4, -0.2) is 17.1 Å². The third-order valence-corrected chi connectivity index (χ3v) is 2.94. The number of amides is 1. The molecule has 0 fully saturated rings. The van der Waals surface area contributed by atoms with Gasteiger partial charge in [-0.15, -0.1) is 0 Å². The first kappa shape index (κ1) is 14.9. The molecule has 2 aromatic rings. The molecular formula is C15H14F2N2O2. The highest BCUT2D eigenvalue weighted by atomic mass is 19.2. The van der Waals surface area contributed by atoms with Crippen LogP contribution in [0.15, 0.2) is 42.5 Å². The average Bonchev–Trinajstić information content (AvgIpc) is 2.46. The number of carbonyl (C=O) groups excluding carboxylic acids is 1. The van der Waals surface area contributed by atoms with Crippen LogP contribution in [0.2, 0.25) is 0 Å². The Morgan fingerprint density at radius 1 is 1.19 bits per heavy atom. The van der Waals surface area contributed by atoms with Crippen LogP contribution in [-0.2, 0) is 11.2 Å². The van der Waals surface area contributed by atoms with Crippen molar-refractivity contribution >= 4 is 11.6 Å². The molecule has 110 valence electrons. The maximum atomic E-state index is 13.4. The van der Waals surface area contributed by atoms with Crippen LogP contribution in [0.3, 0.4) is 0 Å². The largest absolute Gasteiger partial charge is 0.508 e. The number of anilines is 1. The predicted octanol–water partition coefficient (Wildman–Crippen LogP) is 2.18. The molecule has 0 aliphatic rings. The van der Waals surface area contributed by atoms with Gasteiger partial charge >= 0.3 is 0 Å². The molecule has 0 saturated carbocycles. The van der Waals surface area contributed by atoms with Crippen LogP contribution in [0.5, 0.6) is 5.75 Å². The van der Waals surface area contributed by atoms with Crippen LogP contribution < -0.4 is 11.1 Å². The quantitative estimate of drug-likeness (QED) is 0.808. The minimum Gasteiger partial charge on any atom is -0.508 e. The number of nitrogens with two attached hydrogens (primary N) is 1. The predicted molar refractivity (Wildman–Crippen MR) is 74.8 cm³/mol. The standard InChI is InChI=1S/C15H14F2N2O2/c16-11-2-1-3-13(14(11)17)19-15(21)12(18)8-9-4-6-10(20)7-5-9/h1-7,12,20H,8,18H2,(H,19,21)/t12-/m1/s1. The number of phenols is 1. The molecule has 2 rings (SSSR count). The second kappa shape index (κ2) is 6.32. The van der Waals surface area contributed by atoms with E-state index in [1.54, 1.807) is 12.1 Å². The number of hydrogen-bond acceptors (Lipinski definition) is 3. The minimum absolute atomic E-state index is 0.110. The van der Waals surface area contributed by atoms with E-state index in [1.165, 1.54) is 24.3 Å². The molecule has 4 nitrogen and oxygen atoms in total. The minimum atomic E-state index is -1.12. The fourth-order valence-corrected chi connectivity index (χ4v) is 1.80. The van der Waals surface area contributed by atoms with E-state index in [4.69, 9.17) is 10.8 Å². The van der Waals surface area contributed by atoms with Crippen molar-refractivity contribution in [2.24, 2.45) is 5.73 Å². The molecule has 0 bridgehead atoms. The first-order valence-electron chi connectivity index (χ1n) is 6.25. The molecule has 0 aliphatic carbocycles. The molecule has 0 aromatic heterocycles. The highest BCUT2D eigenvalue weighted by molar-refractivity contribution is 5.94. The zero-order chi connectivity index (χ0) is 15.4. The summed E-state index contributed by atoms with van der Waals surface area (Å²) < 4.78 is 26.5. The summed E-state index contributed by atoms with van der Waals surface area (Å²) in [7, 11) is 0. The summed E-state index contributed by atoms with van der Waals surface area (Å²) >= 11 is 0. The smallest absolute Gasteiger partial charge is 0.241 e. The van der Waals surface area contributed by atoms with E-state index in [2.05, 4.69) is 5.32 Å². The summed E-state index contributed by atoms with van der Waals surface area (Å²) in [5, 5.41) is 11.4. The van der Waals surface area contributed by atoms with Crippen molar-refractivity contribution in [1.29, 1.82) is 0 Å². The Morgan fingerprint density at radius 3 is 2.52 bits per heavy atom. The number of phenolic OH excluding ortho intramolecular Hbond substituents is 1. The normalized spacial score (nSPS) is 12.0. The van der Waals surface area contributed by atoms with Crippen molar-refractivity contribution in [2.45, 2.75) is 12.5 Å². The van der Waals surface area contributed by atoms with E-state index in [9.17, 15) is 13.6 Å². The Morgan fingerprint density at radius 2 is 1.86 bits per heavy atom. The molecule has 1 atom stereocenters. The lowest BCUT2D eigenvalue weighted by Crippen LogP contribution is -2.37. The molecule has 1 amide bonds. The molecule has 0 heterocycles. The third kappa shape index (κ3) is 3.76. The molecule has 0 radical (unpaired) electrons. The van der Waals surface area contributed by atoms with Gasteiger partial charge < -0.3 is 16.2 Å². The van der Waals surface area contributed by atoms with E-state index in [0.717, 1.165) is 11.6 Å². The molecule has 2 aromatic carbocycles. The van der Waals surface area contributed by atoms with Gasteiger partial charge in [-0.3, -0.25) is 4.79 Å². The van der Waals surface area contributed by atoms with Gasteiger partial charge in [-0.25, -0.2) is 8.78 Å². The Hall–Kier alpha value is -2.47. The first-order chi connectivity index (χ1) is 9.97. The zero-order valence-corrected chi connectivity index (χ0v) is 11.0. The van der Waals surface area contributed by atoms with Crippen LogP contribution in [0.1, 0.15) is 5.56 Å². The summed E-state index contributed by atoms with van der Waals surface area (Å²) in [4.78, 5) is 11.9. The maximum Gasteiger partial charge on any atom is 0.241 e. The average molecular weight is 292 g/mol. The SMILES string of the molecule is N[C@H](Cc1ccc(O)cc1)C(=O)Nc1cccc(F)c1F. The molecule has 0 spiro atoms. The molecule has 4 N–H and O–H groups in total. The van der Waals surface area contributed by atoms with Crippen molar-refractivity contribution in [3.63, 3.8) is 0 Å². The summed E-state index contributed by atoms with van der Waals surface area (Å²) in [6.45, 7) is 0. The van der Waals surface area contributed by atoms with Crippen LogP contribution in [0.25, 0.3) is 0 Å². The summed E-state index contributed by atoms with van der Waals surface area (Å²) in [5.74, 6) is -2.67. The number of aromatic hydroxyl groups is 1. The lowest BCUT2D eigenvalue weighted by molar-refractivity contribution is -0.117. The lowest BCUT2D eigenvalue weighted by Gasteiger charge is -2.13. The lowest BCUT2D eigenvalue weighted by atomic mass is 10.1. The van der Waals surface area contributed by atoms with Gasteiger partial charge in [-0.05, 0) is 36.2 Å². The number of hydrogen-bond donors (Lipinski definition) is 3. The number of nitrogens with one attached hydrogen (secondary N) is 1. The highest BCUT2D eigenvalue weighted by Crippen LogP contribution is 2.17. The number of carbonyl (C=O) groups is 1. The Bertz CT molecular complexity index is 645. The summed E-state index contributed by atoms with van der Waals surface area (Å²) in [6.07, 6.45) is 0.211. The van der Waals surface area contributed by atoms with Crippen LogP contribution in [0, 0.1) is 11.6 Å². The third-order valence-electron chi connectivity index (χ3n) is 2.94. The van der Waals surface area contributed by atoms with Gasteiger partial charge in [0.25, 0.3) is 0 Å². The van der Waals surface area contributed by atoms with Gasteiger partial charge in [0.1, 0.15) is 5.75 Å². The van der Waals surface area contributed by atoms with Gasteiger partial charge in [-0.1, -0.05) is 18.2 Å². The van der Waals surface area contributed by atoms with Gasteiger partial charge in [0.2, 0.25) is 5.91 Å². The number of benzene rings is 2. The zero-order valence-electron chi connectivity index (χ0n) is 11.0. The van der Waals surface area contributed by atoms with Gasteiger partial charge in [0, 0.05) is 0 Å². The van der Waals surface area contributed by atoms with Crippen LogP contribution in [0.4, 0.5) is 14.5 Å². The van der Waals surface area contributed by atoms with Gasteiger partial charge in [-0.2, -0.15) is 0 Å². The van der Waals surface area contributed by atoms with E-state index in [-0.39, 0.29) is 17.9 Å². The second-order valence-corrected chi connectivity index (χ2v) is 4.57. The van der Waals surface area contributed by atoms with Crippen molar-refractivity contribution in [3.05, 3.63) is 59.7 Å². The molecule has 6 heteroatoms. The Labute approximate surface area is 120 Å². The van der Waals surface area contributed by atoms with E-state index >= 15 is 0 Å². The van der Waals surface area contributed by atoms with Crippen molar-refractivity contribution in [2.75, 3.05) is 5.32 Å². The summed E-state index contributed by atoms with van der Waals surface area (Å²) in [5.41, 5.74) is 6.23. The van der Waals surface area contributed by atoms with Crippen molar-refractivity contribution < 1.29 is 18.7 Å². The fourth-order valence-electron chi connectivity index (χ4n) is 1.80.